The van der Waals surface area contributed by atoms with Gasteiger partial charge in [-0.05, 0) is 11.8 Å². The summed E-state index contributed by atoms with van der Waals surface area (Å²) in [5, 5.41) is 7.35. The molecule has 1 heterocycles. The van der Waals surface area contributed by atoms with Gasteiger partial charge >= 0.3 is 0 Å². The molecule has 0 aromatic carbocycles. The van der Waals surface area contributed by atoms with Crippen molar-refractivity contribution in [2.45, 2.75) is 52.6 Å². The number of piperazine rings is 1. The zero-order valence-electron chi connectivity index (χ0n) is 10.1. The summed E-state index contributed by atoms with van der Waals surface area (Å²) in [4.78, 5) is 0. The van der Waals surface area contributed by atoms with E-state index >= 15 is 0 Å². The predicted molar refractivity (Wildman–Crippen MR) is 62.5 cm³/mol. The zero-order valence-corrected chi connectivity index (χ0v) is 10.1. The molecule has 0 aromatic rings. The molecule has 1 aliphatic rings. The van der Waals surface area contributed by atoms with Crippen molar-refractivity contribution in [3.8, 4) is 0 Å². The smallest absolute Gasteiger partial charge is 0.0218 e. The topological polar surface area (TPSA) is 24.1 Å². The van der Waals surface area contributed by atoms with Crippen LogP contribution in [0.5, 0.6) is 0 Å². The summed E-state index contributed by atoms with van der Waals surface area (Å²) in [5.74, 6) is 1.58. The molecule has 4 unspecified atom stereocenters. The van der Waals surface area contributed by atoms with Crippen molar-refractivity contribution in [2.75, 3.05) is 13.1 Å². The maximum Gasteiger partial charge on any atom is 0.0218 e. The Morgan fingerprint density at radius 2 is 1.29 bits per heavy atom. The minimum Gasteiger partial charge on any atom is -0.311 e. The van der Waals surface area contributed by atoms with Crippen molar-refractivity contribution >= 4 is 0 Å². The van der Waals surface area contributed by atoms with Crippen molar-refractivity contribution in [2.24, 2.45) is 11.8 Å². The minimum atomic E-state index is 0.681. The molecule has 4 atom stereocenters. The van der Waals surface area contributed by atoms with Gasteiger partial charge in [-0.3, -0.25) is 0 Å². The van der Waals surface area contributed by atoms with Crippen LogP contribution < -0.4 is 10.6 Å². The third kappa shape index (κ3) is 2.96. The van der Waals surface area contributed by atoms with Crippen molar-refractivity contribution in [3.05, 3.63) is 0 Å². The quantitative estimate of drug-likeness (QED) is 0.722. The Bertz CT molecular complexity index is 132. The lowest BCUT2D eigenvalue weighted by atomic mass is 9.92. The Labute approximate surface area is 88.8 Å². The molecule has 1 aliphatic heterocycles. The van der Waals surface area contributed by atoms with Crippen LogP contribution in [0.1, 0.15) is 40.5 Å². The molecule has 2 N–H and O–H groups in total. The highest BCUT2D eigenvalue weighted by atomic mass is 15.1. The van der Waals surface area contributed by atoms with Gasteiger partial charge in [-0.15, -0.1) is 0 Å². The fourth-order valence-corrected chi connectivity index (χ4v) is 2.07. The summed E-state index contributed by atoms with van der Waals surface area (Å²) in [5.41, 5.74) is 0. The van der Waals surface area contributed by atoms with Gasteiger partial charge in [0, 0.05) is 25.2 Å². The molecule has 0 spiro atoms. The molecule has 0 aromatic heterocycles. The van der Waals surface area contributed by atoms with E-state index in [1.54, 1.807) is 0 Å². The van der Waals surface area contributed by atoms with Gasteiger partial charge in [0.05, 0.1) is 0 Å². The maximum atomic E-state index is 3.67. The van der Waals surface area contributed by atoms with E-state index < -0.39 is 0 Å². The summed E-state index contributed by atoms with van der Waals surface area (Å²) in [6, 6.07) is 1.36. The maximum absolute atomic E-state index is 3.67. The summed E-state index contributed by atoms with van der Waals surface area (Å²) >= 11 is 0. The largest absolute Gasteiger partial charge is 0.311 e. The Balaban J connectivity index is 2.31. The van der Waals surface area contributed by atoms with Crippen LogP contribution in [0.25, 0.3) is 0 Å². The number of nitrogens with one attached hydrogen (secondary N) is 2. The van der Waals surface area contributed by atoms with E-state index in [0.29, 0.717) is 12.1 Å². The fraction of sp³-hybridized carbons (Fsp3) is 1.00. The fourth-order valence-electron chi connectivity index (χ4n) is 2.07. The highest BCUT2D eigenvalue weighted by Gasteiger charge is 2.25. The highest BCUT2D eigenvalue weighted by Crippen LogP contribution is 2.14. The molecular formula is C12H26N2. The highest BCUT2D eigenvalue weighted by molar-refractivity contribution is 4.87. The number of hydrogen-bond donors (Lipinski definition) is 2. The Hall–Kier alpha value is -0.0800. The van der Waals surface area contributed by atoms with E-state index in [-0.39, 0.29) is 0 Å². The van der Waals surface area contributed by atoms with Gasteiger partial charge in [0.25, 0.3) is 0 Å². The predicted octanol–water partition coefficient (Wildman–Crippen LogP) is 2.01. The first kappa shape index (κ1) is 12.0. The molecule has 14 heavy (non-hydrogen) atoms. The second-order valence-electron chi connectivity index (χ2n) is 4.80. The van der Waals surface area contributed by atoms with Crippen LogP contribution in [-0.4, -0.2) is 25.2 Å². The summed E-state index contributed by atoms with van der Waals surface area (Å²) in [6.45, 7) is 11.5. The molecule has 2 heteroatoms. The lowest BCUT2D eigenvalue weighted by Gasteiger charge is -2.36. The van der Waals surface area contributed by atoms with E-state index in [1.807, 2.05) is 0 Å². The average molecular weight is 198 g/mol. The zero-order chi connectivity index (χ0) is 10.6. The lowest BCUT2D eigenvalue weighted by Crippen LogP contribution is -2.58. The first-order valence-electron chi connectivity index (χ1n) is 6.15. The monoisotopic (exact) mass is 198 g/mol. The van der Waals surface area contributed by atoms with Gasteiger partial charge in [0.15, 0.2) is 0 Å². The summed E-state index contributed by atoms with van der Waals surface area (Å²) in [6.07, 6.45) is 2.54. The van der Waals surface area contributed by atoms with E-state index in [4.69, 9.17) is 0 Å². The molecule has 1 fully saturated rings. The molecule has 0 bridgehead atoms. The van der Waals surface area contributed by atoms with Crippen molar-refractivity contribution < 1.29 is 0 Å². The molecule has 1 rings (SSSR count). The van der Waals surface area contributed by atoms with E-state index in [2.05, 4.69) is 38.3 Å². The van der Waals surface area contributed by atoms with Crippen molar-refractivity contribution in [3.63, 3.8) is 0 Å². The molecule has 0 radical (unpaired) electrons. The van der Waals surface area contributed by atoms with E-state index in [1.165, 1.54) is 12.8 Å². The number of hydrogen-bond acceptors (Lipinski definition) is 2. The van der Waals surface area contributed by atoms with E-state index in [0.717, 1.165) is 24.9 Å². The first-order valence-corrected chi connectivity index (χ1v) is 6.15. The van der Waals surface area contributed by atoms with Crippen LogP contribution in [0, 0.1) is 11.8 Å². The van der Waals surface area contributed by atoms with Gasteiger partial charge in [0.2, 0.25) is 0 Å². The standard InChI is InChI=1S/C12H26N2/c1-5-9(3)11-7-14-12(8-13-11)10(4)6-2/h9-14H,5-8H2,1-4H3. The van der Waals surface area contributed by atoms with Gasteiger partial charge in [0.1, 0.15) is 0 Å². The third-order valence-corrected chi connectivity index (χ3v) is 3.86. The van der Waals surface area contributed by atoms with Crippen LogP contribution in [0.4, 0.5) is 0 Å². The molecule has 84 valence electrons. The SMILES string of the molecule is CCC(C)C1CNC(C(C)CC)CN1. The Kier molecular flexibility index (Phi) is 4.90. The second kappa shape index (κ2) is 5.72. The number of rotatable bonds is 4. The van der Waals surface area contributed by atoms with Gasteiger partial charge in [-0.25, -0.2) is 0 Å². The van der Waals surface area contributed by atoms with E-state index in [9.17, 15) is 0 Å². The second-order valence-corrected chi connectivity index (χ2v) is 4.80. The van der Waals surface area contributed by atoms with Crippen molar-refractivity contribution in [1.29, 1.82) is 0 Å². The normalized spacial score (nSPS) is 32.6. The molecule has 2 nitrogen and oxygen atoms in total. The molecule has 1 saturated heterocycles. The van der Waals surface area contributed by atoms with Crippen LogP contribution in [0.15, 0.2) is 0 Å². The average Bonchev–Trinajstić information content (AvgIpc) is 2.27. The lowest BCUT2D eigenvalue weighted by molar-refractivity contribution is 0.238. The van der Waals surface area contributed by atoms with Crippen LogP contribution >= 0.6 is 0 Å². The molecule has 0 aliphatic carbocycles. The van der Waals surface area contributed by atoms with Gasteiger partial charge < -0.3 is 10.6 Å². The van der Waals surface area contributed by atoms with Crippen molar-refractivity contribution in [1.82, 2.24) is 10.6 Å². The third-order valence-electron chi connectivity index (χ3n) is 3.86. The molecule has 0 saturated carbocycles. The van der Waals surface area contributed by atoms with Crippen LogP contribution in [-0.2, 0) is 0 Å². The summed E-state index contributed by atoms with van der Waals surface area (Å²) < 4.78 is 0. The molecule has 0 amide bonds. The minimum absolute atomic E-state index is 0.681. The van der Waals surface area contributed by atoms with Crippen LogP contribution in [0.3, 0.4) is 0 Å². The van der Waals surface area contributed by atoms with Gasteiger partial charge in [-0.2, -0.15) is 0 Å². The first-order chi connectivity index (χ1) is 6.69. The Morgan fingerprint density at radius 1 is 0.929 bits per heavy atom. The van der Waals surface area contributed by atoms with Gasteiger partial charge in [-0.1, -0.05) is 40.5 Å². The molecular weight excluding hydrogens is 172 g/mol. The van der Waals surface area contributed by atoms with Crippen LogP contribution in [0.2, 0.25) is 0 Å². The summed E-state index contributed by atoms with van der Waals surface area (Å²) in [7, 11) is 0. The Morgan fingerprint density at radius 3 is 1.50 bits per heavy atom.